The highest BCUT2D eigenvalue weighted by atomic mass is 19.1. The molecule has 0 aromatic rings. The van der Waals surface area contributed by atoms with Crippen LogP contribution in [0.15, 0.2) is 0 Å². The summed E-state index contributed by atoms with van der Waals surface area (Å²) in [6.07, 6.45) is 2.91. The van der Waals surface area contributed by atoms with Crippen molar-refractivity contribution in [1.29, 1.82) is 0 Å². The number of hydrogen-bond acceptors (Lipinski definition) is 0. The molecular weight excluding hydrogens is 139 g/mol. The molecule has 1 heteroatoms. The molecule has 11 heavy (non-hydrogen) atoms. The lowest BCUT2D eigenvalue weighted by Crippen LogP contribution is -2.24. The molecule has 0 N–H and O–H groups in total. The molecule has 0 aliphatic carbocycles. The van der Waals surface area contributed by atoms with Gasteiger partial charge in [0.15, 0.2) is 0 Å². The van der Waals surface area contributed by atoms with Crippen LogP contribution >= 0.6 is 0 Å². The van der Waals surface area contributed by atoms with E-state index in [1.807, 2.05) is 0 Å². The zero-order valence-electron chi connectivity index (χ0n) is 8.50. The van der Waals surface area contributed by atoms with E-state index in [0.717, 1.165) is 12.8 Å². The van der Waals surface area contributed by atoms with E-state index in [1.54, 1.807) is 13.8 Å². The molecule has 0 rings (SSSR count). The Morgan fingerprint density at radius 1 is 1.09 bits per heavy atom. The smallest absolute Gasteiger partial charge is 0.106 e. The van der Waals surface area contributed by atoms with Crippen LogP contribution in [0.25, 0.3) is 0 Å². The van der Waals surface area contributed by atoms with Gasteiger partial charge in [-0.3, -0.25) is 0 Å². The second-order valence-electron chi connectivity index (χ2n) is 4.81. The summed E-state index contributed by atoms with van der Waals surface area (Å²) < 4.78 is 13.2. The molecule has 0 aromatic carbocycles. The summed E-state index contributed by atoms with van der Waals surface area (Å²) in [7, 11) is 0. The Labute approximate surface area is 70.2 Å². The second kappa shape index (κ2) is 3.55. The van der Waals surface area contributed by atoms with Gasteiger partial charge >= 0.3 is 0 Å². The monoisotopic (exact) mass is 160 g/mol. The first-order valence-electron chi connectivity index (χ1n) is 4.46. The molecule has 0 atom stereocenters. The van der Waals surface area contributed by atoms with Gasteiger partial charge in [0, 0.05) is 0 Å². The first kappa shape index (κ1) is 10.9. The van der Waals surface area contributed by atoms with E-state index in [-0.39, 0.29) is 5.41 Å². The molecule has 0 aromatic heterocycles. The van der Waals surface area contributed by atoms with Gasteiger partial charge in [-0.2, -0.15) is 0 Å². The van der Waals surface area contributed by atoms with Crippen molar-refractivity contribution in [2.75, 3.05) is 0 Å². The first-order valence-corrected chi connectivity index (χ1v) is 4.46. The van der Waals surface area contributed by atoms with Crippen LogP contribution in [0.1, 0.15) is 53.9 Å². The van der Waals surface area contributed by atoms with Crippen molar-refractivity contribution in [2.24, 2.45) is 5.41 Å². The molecule has 0 saturated carbocycles. The highest BCUT2D eigenvalue weighted by Crippen LogP contribution is 2.33. The van der Waals surface area contributed by atoms with Crippen molar-refractivity contribution in [3.63, 3.8) is 0 Å². The topological polar surface area (TPSA) is 0 Å². The van der Waals surface area contributed by atoms with Crippen LogP contribution in [0.3, 0.4) is 0 Å². The van der Waals surface area contributed by atoms with Crippen molar-refractivity contribution in [2.45, 2.75) is 59.5 Å². The Morgan fingerprint density at radius 2 is 1.55 bits per heavy atom. The average Bonchev–Trinajstić information content (AvgIpc) is 1.55. The molecule has 0 saturated heterocycles. The van der Waals surface area contributed by atoms with Crippen molar-refractivity contribution < 1.29 is 4.39 Å². The molecule has 0 bridgehead atoms. The van der Waals surface area contributed by atoms with Crippen molar-refractivity contribution in [3.8, 4) is 0 Å². The lowest BCUT2D eigenvalue weighted by Gasteiger charge is -2.29. The van der Waals surface area contributed by atoms with Gasteiger partial charge in [-0.15, -0.1) is 0 Å². The quantitative estimate of drug-likeness (QED) is 0.584. The maximum absolute atomic E-state index is 13.2. The summed E-state index contributed by atoms with van der Waals surface area (Å²) >= 11 is 0. The molecule has 0 amide bonds. The zero-order valence-corrected chi connectivity index (χ0v) is 8.50. The van der Waals surface area contributed by atoms with Gasteiger partial charge in [0.25, 0.3) is 0 Å². The Bertz CT molecular complexity index is 109. The minimum atomic E-state index is -1.02. The van der Waals surface area contributed by atoms with E-state index in [9.17, 15) is 4.39 Å². The van der Waals surface area contributed by atoms with E-state index in [1.165, 1.54) is 0 Å². The fourth-order valence-electron chi connectivity index (χ4n) is 1.90. The van der Waals surface area contributed by atoms with Gasteiger partial charge < -0.3 is 0 Å². The standard InChI is InChI=1S/C10H21F/c1-6-7-9(2,3)8-10(4,5)11/h6-8H2,1-5H3. The Hall–Kier alpha value is -0.0700. The van der Waals surface area contributed by atoms with Gasteiger partial charge in [0.1, 0.15) is 5.67 Å². The summed E-state index contributed by atoms with van der Waals surface area (Å²) in [6, 6.07) is 0. The molecule has 0 aliphatic rings. The molecular formula is C10H21F. The summed E-state index contributed by atoms with van der Waals surface area (Å²) in [5, 5.41) is 0. The lowest BCUT2D eigenvalue weighted by atomic mass is 9.79. The van der Waals surface area contributed by atoms with E-state index in [4.69, 9.17) is 0 Å². The molecule has 0 unspecified atom stereocenters. The van der Waals surface area contributed by atoms with E-state index in [2.05, 4.69) is 20.8 Å². The SMILES string of the molecule is CCCC(C)(C)CC(C)(C)F. The Kier molecular flexibility index (Phi) is 3.53. The number of alkyl halides is 1. The third kappa shape index (κ3) is 6.33. The van der Waals surface area contributed by atoms with Crippen LogP contribution in [-0.4, -0.2) is 5.67 Å². The molecule has 0 fully saturated rings. The third-order valence-electron chi connectivity index (χ3n) is 1.83. The normalized spacial score (nSPS) is 13.6. The van der Waals surface area contributed by atoms with Crippen LogP contribution in [-0.2, 0) is 0 Å². The van der Waals surface area contributed by atoms with E-state index < -0.39 is 5.67 Å². The fraction of sp³-hybridized carbons (Fsp3) is 1.00. The molecule has 68 valence electrons. The van der Waals surface area contributed by atoms with Gasteiger partial charge in [-0.05, 0) is 32.1 Å². The first-order chi connectivity index (χ1) is 4.77. The van der Waals surface area contributed by atoms with Gasteiger partial charge in [0.2, 0.25) is 0 Å². The van der Waals surface area contributed by atoms with Gasteiger partial charge in [-0.25, -0.2) is 4.39 Å². The van der Waals surface area contributed by atoms with Crippen LogP contribution in [0.4, 0.5) is 4.39 Å². The van der Waals surface area contributed by atoms with Gasteiger partial charge in [-0.1, -0.05) is 27.2 Å². The molecule has 0 nitrogen and oxygen atoms in total. The molecule has 0 heterocycles. The number of hydrogen-bond donors (Lipinski definition) is 0. The summed E-state index contributed by atoms with van der Waals surface area (Å²) in [5.41, 5.74) is -0.855. The summed E-state index contributed by atoms with van der Waals surface area (Å²) in [4.78, 5) is 0. The summed E-state index contributed by atoms with van der Waals surface area (Å²) in [5.74, 6) is 0. The highest BCUT2D eigenvalue weighted by molar-refractivity contribution is 4.78. The highest BCUT2D eigenvalue weighted by Gasteiger charge is 2.27. The van der Waals surface area contributed by atoms with Crippen molar-refractivity contribution >= 4 is 0 Å². The molecule has 0 radical (unpaired) electrons. The van der Waals surface area contributed by atoms with Crippen LogP contribution in [0.5, 0.6) is 0 Å². The minimum Gasteiger partial charge on any atom is -0.244 e. The lowest BCUT2D eigenvalue weighted by molar-refractivity contribution is 0.122. The Balaban J connectivity index is 3.91. The third-order valence-corrected chi connectivity index (χ3v) is 1.83. The van der Waals surface area contributed by atoms with Gasteiger partial charge in [0.05, 0.1) is 0 Å². The fourth-order valence-corrected chi connectivity index (χ4v) is 1.90. The maximum Gasteiger partial charge on any atom is 0.106 e. The number of rotatable bonds is 4. The zero-order chi connectivity index (χ0) is 9.12. The number of halogens is 1. The predicted octanol–water partition coefficient (Wildman–Crippen LogP) is 3.95. The second-order valence-corrected chi connectivity index (χ2v) is 4.81. The van der Waals surface area contributed by atoms with E-state index >= 15 is 0 Å². The largest absolute Gasteiger partial charge is 0.244 e. The van der Waals surface area contributed by atoms with Crippen molar-refractivity contribution in [3.05, 3.63) is 0 Å². The van der Waals surface area contributed by atoms with Crippen LogP contribution < -0.4 is 0 Å². The maximum atomic E-state index is 13.2. The predicted molar refractivity (Wildman–Crippen MR) is 48.5 cm³/mol. The minimum absolute atomic E-state index is 0.160. The van der Waals surface area contributed by atoms with Crippen molar-refractivity contribution in [1.82, 2.24) is 0 Å². The van der Waals surface area contributed by atoms with Crippen LogP contribution in [0, 0.1) is 5.41 Å². The van der Waals surface area contributed by atoms with E-state index in [0.29, 0.717) is 6.42 Å². The Morgan fingerprint density at radius 3 is 1.82 bits per heavy atom. The molecule has 0 spiro atoms. The molecule has 0 aliphatic heterocycles. The summed E-state index contributed by atoms with van der Waals surface area (Å²) in [6.45, 7) is 9.73. The average molecular weight is 160 g/mol. The van der Waals surface area contributed by atoms with Crippen LogP contribution in [0.2, 0.25) is 0 Å².